The van der Waals surface area contributed by atoms with Crippen molar-refractivity contribution >= 4 is 5.69 Å². The molecular weight excluding hydrogens is 326 g/mol. The summed E-state index contributed by atoms with van der Waals surface area (Å²) in [6, 6.07) is 24.1. The summed E-state index contributed by atoms with van der Waals surface area (Å²) in [7, 11) is 0. The van der Waals surface area contributed by atoms with Crippen LogP contribution in [0.1, 0.15) is 16.7 Å². The van der Waals surface area contributed by atoms with Gasteiger partial charge in [-0.15, -0.1) is 0 Å². The van der Waals surface area contributed by atoms with E-state index in [1.807, 2.05) is 54.6 Å². The van der Waals surface area contributed by atoms with Crippen LogP contribution in [0.4, 0.5) is 5.69 Å². The highest BCUT2D eigenvalue weighted by molar-refractivity contribution is 5.65. The highest BCUT2D eigenvalue weighted by Gasteiger charge is 2.42. The van der Waals surface area contributed by atoms with Gasteiger partial charge in [-0.25, -0.2) is 0 Å². The Hall–Kier alpha value is -2.98. The van der Waals surface area contributed by atoms with Crippen LogP contribution in [-0.4, -0.2) is 18.4 Å². The highest BCUT2D eigenvalue weighted by Crippen LogP contribution is 2.46. The van der Waals surface area contributed by atoms with E-state index in [0.29, 0.717) is 12.3 Å². The van der Waals surface area contributed by atoms with Crippen molar-refractivity contribution in [2.75, 3.05) is 18.2 Å². The first-order valence-electron chi connectivity index (χ1n) is 8.75. The van der Waals surface area contributed by atoms with E-state index < -0.39 is 5.60 Å². The van der Waals surface area contributed by atoms with E-state index in [4.69, 9.17) is 9.47 Å². The van der Waals surface area contributed by atoms with E-state index >= 15 is 0 Å². The fourth-order valence-corrected chi connectivity index (χ4v) is 3.89. The summed E-state index contributed by atoms with van der Waals surface area (Å²) < 4.78 is 10.9. The van der Waals surface area contributed by atoms with E-state index in [9.17, 15) is 5.11 Å². The van der Waals surface area contributed by atoms with Crippen molar-refractivity contribution in [3.63, 3.8) is 0 Å². The topological polar surface area (TPSA) is 41.9 Å². The molecule has 2 aliphatic rings. The minimum Gasteiger partial charge on any atom is -0.454 e. The molecule has 130 valence electrons. The molecule has 2 heterocycles. The summed E-state index contributed by atoms with van der Waals surface area (Å²) in [6.45, 7) is 1.49. The third-order valence-electron chi connectivity index (χ3n) is 5.18. The Bertz CT molecular complexity index is 957. The van der Waals surface area contributed by atoms with Crippen LogP contribution < -0.4 is 14.4 Å². The van der Waals surface area contributed by atoms with E-state index in [1.54, 1.807) is 0 Å². The number of fused-ring (bicyclic) bond motifs is 2. The second-order valence-electron chi connectivity index (χ2n) is 6.79. The maximum atomic E-state index is 11.7. The first-order valence-corrected chi connectivity index (χ1v) is 8.75. The molecule has 4 nitrogen and oxygen atoms in total. The zero-order valence-corrected chi connectivity index (χ0v) is 14.3. The average molecular weight is 345 g/mol. The Morgan fingerprint density at radius 3 is 2.54 bits per heavy atom. The van der Waals surface area contributed by atoms with Gasteiger partial charge in [0.05, 0.1) is 6.54 Å². The zero-order chi connectivity index (χ0) is 17.6. The van der Waals surface area contributed by atoms with Gasteiger partial charge in [-0.05, 0) is 29.3 Å². The predicted molar refractivity (Wildman–Crippen MR) is 99.5 cm³/mol. The van der Waals surface area contributed by atoms with Gasteiger partial charge in [0.15, 0.2) is 11.5 Å². The molecule has 3 aromatic rings. The van der Waals surface area contributed by atoms with Crippen LogP contribution >= 0.6 is 0 Å². The van der Waals surface area contributed by atoms with Crippen molar-refractivity contribution in [1.82, 2.24) is 0 Å². The molecule has 0 spiro atoms. The summed E-state index contributed by atoms with van der Waals surface area (Å²) in [5.74, 6) is 1.42. The first kappa shape index (κ1) is 15.3. The van der Waals surface area contributed by atoms with Crippen molar-refractivity contribution in [1.29, 1.82) is 0 Å². The fraction of sp³-hybridized carbons (Fsp3) is 0.182. The molecule has 0 radical (unpaired) electrons. The number of β-amino-alcohol motifs (C(OH)–C–C–N with tert-alkyl or cyclic N) is 1. The number of para-hydroxylation sites is 1. The quantitative estimate of drug-likeness (QED) is 0.786. The number of hydrogen-bond acceptors (Lipinski definition) is 4. The summed E-state index contributed by atoms with van der Waals surface area (Å²) in [4.78, 5) is 2.23. The van der Waals surface area contributed by atoms with Crippen molar-refractivity contribution in [2.45, 2.75) is 12.1 Å². The molecule has 0 saturated carbocycles. The Morgan fingerprint density at radius 2 is 1.65 bits per heavy atom. The lowest BCUT2D eigenvalue weighted by Gasteiger charge is -2.26. The lowest BCUT2D eigenvalue weighted by Crippen LogP contribution is -2.34. The van der Waals surface area contributed by atoms with Gasteiger partial charge in [0, 0.05) is 17.8 Å². The van der Waals surface area contributed by atoms with E-state index in [1.165, 1.54) is 5.56 Å². The van der Waals surface area contributed by atoms with Crippen molar-refractivity contribution < 1.29 is 14.6 Å². The number of ether oxygens (including phenoxy) is 2. The van der Waals surface area contributed by atoms with Crippen LogP contribution in [-0.2, 0) is 12.1 Å². The molecule has 1 unspecified atom stereocenters. The van der Waals surface area contributed by atoms with E-state index in [-0.39, 0.29) is 6.79 Å². The molecular formula is C22H19NO3. The van der Waals surface area contributed by atoms with Crippen LogP contribution in [0.2, 0.25) is 0 Å². The molecule has 26 heavy (non-hydrogen) atoms. The lowest BCUT2D eigenvalue weighted by molar-refractivity contribution is 0.0975. The van der Waals surface area contributed by atoms with Crippen LogP contribution in [0, 0.1) is 0 Å². The fourth-order valence-electron chi connectivity index (χ4n) is 3.89. The van der Waals surface area contributed by atoms with Gasteiger partial charge in [-0.2, -0.15) is 0 Å². The number of benzene rings is 3. The molecule has 0 saturated heterocycles. The second kappa shape index (κ2) is 5.78. The minimum absolute atomic E-state index is 0.230. The number of hydrogen-bond donors (Lipinski definition) is 1. The normalized spacial score (nSPS) is 20.3. The minimum atomic E-state index is -1.08. The van der Waals surface area contributed by atoms with Crippen LogP contribution in [0.3, 0.4) is 0 Å². The highest BCUT2D eigenvalue weighted by atomic mass is 16.7. The molecule has 0 amide bonds. The largest absolute Gasteiger partial charge is 0.454 e. The SMILES string of the molecule is OC1(c2ccc3c(c2)OCO3)CN(Cc2ccccc2)c2ccccc21. The number of aliphatic hydroxyl groups is 1. The molecule has 0 aliphatic carbocycles. The van der Waals surface area contributed by atoms with Gasteiger partial charge in [0.25, 0.3) is 0 Å². The maximum absolute atomic E-state index is 11.7. The van der Waals surface area contributed by atoms with Gasteiger partial charge in [0.2, 0.25) is 6.79 Å². The van der Waals surface area contributed by atoms with Gasteiger partial charge in [-0.1, -0.05) is 54.6 Å². The summed E-state index contributed by atoms with van der Waals surface area (Å²) in [5, 5.41) is 11.7. The molecule has 1 atom stereocenters. The Morgan fingerprint density at radius 1 is 0.885 bits per heavy atom. The van der Waals surface area contributed by atoms with E-state index in [2.05, 4.69) is 23.1 Å². The molecule has 3 aromatic carbocycles. The third-order valence-corrected chi connectivity index (χ3v) is 5.18. The molecule has 1 N–H and O–H groups in total. The summed E-state index contributed by atoms with van der Waals surface area (Å²) in [5.41, 5.74) is 2.96. The predicted octanol–water partition coefficient (Wildman–Crippen LogP) is 3.67. The van der Waals surface area contributed by atoms with Crippen LogP contribution in [0.15, 0.2) is 72.8 Å². The Labute approximate surface area is 152 Å². The van der Waals surface area contributed by atoms with Crippen molar-refractivity contribution in [3.8, 4) is 11.5 Å². The number of anilines is 1. The molecule has 4 heteroatoms. The number of nitrogens with zero attached hydrogens (tertiary/aromatic N) is 1. The molecule has 5 rings (SSSR count). The van der Waals surface area contributed by atoms with Crippen molar-refractivity contribution in [3.05, 3.63) is 89.5 Å². The molecule has 0 aromatic heterocycles. The number of rotatable bonds is 3. The van der Waals surface area contributed by atoms with E-state index in [0.717, 1.165) is 29.1 Å². The Kier molecular flexibility index (Phi) is 3.40. The average Bonchev–Trinajstić information content (AvgIpc) is 3.26. The zero-order valence-electron chi connectivity index (χ0n) is 14.3. The van der Waals surface area contributed by atoms with Gasteiger partial charge in [-0.3, -0.25) is 0 Å². The maximum Gasteiger partial charge on any atom is 0.231 e. The van der Waals surface area contributed by atoms with Gasteiger partial charge < -0.3 is 19.5 Å². The van der Waals surface area contributed by atoms with Crippen LogP contribution in [0.5, 0.6) is 11.5 Å². The van der Waals surface area contributed by atoms with Gasteiger partial charge >= 0.3 is 0 Å². The summed E-state index contributed by atoms with van der Waals surface area (Å²) in [6.07, 6.45) is 0. The van der Waals surface area contributed by atoms with Crippen molar-refractivity contribution in [2.24, 2.45) is 0 Å². The Balaban J connectivity index is 1.55. The smallest absolute Gasteiger partial charge is 0.231 e. The van der Waals surface area contributed by atoms with Gasteiger partial charge in [0.1, 0.15) is 5.60 Å². The second-order valence-corrected chi connectivity index (χ2v) is 6.79. The molecule has 0 bridgehead atoms. The summed E-state index contributed by atoms with van der Waals surface area (Å²) >= 11 is 0. The van der Waals surface area contributed by atoms with Crippen LogP contribution in [0.25, 0.3) is 0 Å². The standard InChI is InChI=1S/C22H19NO3/c24-22(17-10-11-20-21(12-17)26-15-25-20)14-23(13-16-6-2-1-3-7-16)19-9-5-4-8-18(19)22/h1-12,24H,13-15H2. The molecule has 2 aliphatic heterocycles. The lowest BCUT2D eigenvalue weighted by atomic mass is 9.88. The third kappa shape index (κ3) is 2.34. The monoisotopic (exact) mass is 345 g/mol. The first-order chi connectivity index (χ1) is 12.7. The molecule has 0 fully saturated rings.